The number of methoxy groups -OCH3 is 1. The summed E-state index contributed by atoms with van der Waals surface area (Å²) in [6.45, 7) is 1.38. The molecule has 0 aliphatic rings. The summed E-state index contributed by atoms with van der Waals surface area (Å²) in [7, 11) is 1.65. The Balaban J connectivity index is 1.96. The molecule has 1 aromatic heterocycles. The standard InChI is InChI=1S/C15H16Cl2N4O2/c1-23-6-2-5-18-14-9-19-13(8-20-14)15(22)21-12-7-10(16)3-4-11(12)17/h3-4,7-9H,2,5-6H2,1H3,(H,18,20)(H,21,22). The van der Waals surface area contributed by atoms with E-state index in [1.807, 2.05) is 0 Å². The molecule has 0 atom stereocenters. The first-order chi connectivity index (χ1) is 11.1. The predicted molar refractivity (Wildman–Crippen MR) is 91.4 cm³/mol. The van der Waals surface area contributed by atoms with E-state index >= 15 is 0 Å². The Kier molecular flexibility index (Phi) is 6.58. The molecule has 1 amide bonds. The highest BCUT2D eigenvalue weighted by atomic mass is 35.5. The first-order valence-corrected chi connectivity index (χ1v) is 7.67. The van der Waals surface area contributed by atoms with Crippen LogP contribution in [0.25, 0.3) is 0 Å². The molecule has 2 N–H and O–H groups in total. The van der Waals surface area contributed by atoms with E-state index in [9.17, 15) is 4.79 Å². The third-order valence-corrected chi connectivity index (χ3v) is 3.46. The molecular weight excluding hydrogens is 339 g/mol. The second-order valence-corrected chi connectivity index (χ2v) is 5.48. The zero-order valence-corrected chi connectivity index (χ0v) is 14.0. The van der Waals surface area contributed by atoms with E-state index in [1.54, 1.807) is 25.3 Å². The van der Waals surface area contributed by atoms with Crippen LogP contribution in [-0.2, 0) is 4.74 Å². The molecule has 0 radical (unpaired) electrons. The van der Waals surface area contributed by atoms with Gasteiger partial charge in [0.2, 0.25) is 0 Å². The number of rotatable bonds is 7. The first kappa shape index (κ1) is 17.5. The second-order valence-electron chi connectivity index (χ2n) is 4.64. The number of nitrogens with one attached hydrogen (secondary N) is 2. The zero-order valence-electron chi connectivity index (χ0n) is 12.5. The predicted octanol–water partition coefficient (Wildman–Crippen LogP) is 3.48. The molecule has 0 unspecified atom stereocenters. The van der Waals surface area contributed by atoms with Crippen LogP contribution in [0.1, 0.15) is 16.9 Å². The van der Waals surface area contributed by atoms with E-state index in [0.717, 1.165) is 6.42 Å². The minimum absolute atomic E-state index is 0.184. The van der Waals surface area contributed by atoms with Gasteiger partial charge in [0.25, 0.3) is 5.91 Å². The Bertz CT molecular complexity index is 665. The fourth-order valence-corrected chi connectivity index (χ4v) is 2.09. The number of benzene rings is 1. The number of nitrogens with zero attached hydrogens (tertiary/aromatic N) is 2. The lowest BCUT2D eigenvalue weighted by Gasteiger charge is -2.08. The highest BCUT2D eigenvalue weighted by Gasteiger charge is 2.11. The van der Waals surface area contributed by atoms with Crippen molar-refractivity contribution in [1.82, 2.24) is 9.97 Å². The van der Waals surface area contributed by atoms with E-state index < -0.39 is 5.91 Å². The summed E-state index contributed by atoms with van der Waals surface area (Å²) in [5.41, 5.74) is 0.608. The van der Waals surface area contributed by atoms with Crippen LogP contribution in [0.3, 0.4) is 0 Å². The zero-order chi connectivity index (χ0) is 16.7. The number of anilines is 2. The van der Waals surface area contributed by atoms with Gasteiger partial charge < -0.3 is 15.4 Å². The van der Waals surface area contributed by atoms with Crippen LogP contribution in [0.5, 0.6) is 0 Å². The van der Waals surface area contributed by atoms with Crippen molar-refractivity contribution < 1.29 is 9.53 Å². The molecule has 0 bridgehead atoms. The molecule has 0 aliphatic heterocycles. The minimum atomic E-state index is -0.410. The summed E-state index contributed by atoms with van der Waals surface area (Å²) in [5, 5.41) is 6.61. The number of ether oxygens (including phenoxy) is 1. The maximum Gasteiger partial charge on any atom is 0.275 e. The van der Waals surface area contributed by atoms with Gasteiger partial charge in [-0.1, -0.05) is 23.2 Å². The summed E-state index contributed by atoms with van der Waals surface area (Å²) < 4.78 is 4.96. The van der Waals surface area contributed by atoms with Crippen LogP contribution in [0.2, 0.25) is 10.0 Å². The van der Waals surface area contributed by atoms with E-state index in [2.05, 4.69) is 20.6 Å². The number of aromatic nitrogens is 2. The van der Waals surface area contributed by atoms with Crippen molar-refractivity contribution in [3.63, 3.8) is 0 Å². The van der Waals surface area contributed by atoms with Gasteiger partial charge in [-0.3, -0.25) is 4.79 Å². The van der Waals surface area contributed by atoms with Gasteiger partial charge in [0, 0.05) is 25.3 Å². The van der Waals surface area contributed by atoms with Gasteiger partial charge in [0.1, 0.15) is 11.5 Å². The Morgan fingerprint density at radius 1 is 1.26 bits per heavy atom. The molecule has 0 saturated carbocycles. The van der Waals surface area contributed by atoms with Crippen LogP contribution in [-0.4, -0.2) is 36.1 Å². The normalized spacial score (nSPS) is 10.4. The number of hydrogen-bond acceptors (Lipinski definition) is 5. The molecule has 2 rings (SSSR count). The third-order valence-electron chi connectivity index (χ3n) is 2.89. The third kappa shape index (κ3) is 5.35. The number of carbonyl (C=O) groups is 1. The van der Waals surface area contributed by atoms with E-state index in [0.29, 0.717) is 34.7 Å². The number of hydrogen-bond donors (Lipinski definition) is 2. The van der Waals surface area contributed by atoms with Crippen molar-refractivity contribution in [3.05, 3.63) is 46.3 Å². The lowest BCUT2D eigenvalue weighted by atomic mass is 10.3. The van der Waals surface area contributed by atoms with Crippen molar-refractivity contribution in [2.75, 3.05) is 30.9 Å². The smallest absolute Gasteiger partial charge is 0.275 e. The Hall–Kier alpha value is -1.89. The minimum Gasteiger partial charge on any atom is -0.385 e. The Morgan fingerprint density at radius 3 is 2.78 bits per heavy atom. The van der Waals surface area contributed by atoms with Crippen LogP contribution in [0.4, 0.5) is 11.5 Å². The highest BCUT2D eigenvalue weighted by molar-refractivity contribution is 6.35. The van der Waals surface area contributed by atoms with Gasteiger partial charge in [0.15, 0.2) is 0 Å². The summed E-state index contributed by atoms with van der Waals surface area (Å²) in [4.78, 5) is 20.4. The van der Waals surface area contributed by atoms with Crippen molar-refractivity contribution in [1.29, 1.82) is 0 Å². The highest BCUT2D eigenvalue weighted by Crippen LogP contribution is 2.25. The molecule has 8 heteroatoms. The fourth-order valence-electron chi connectivity index (χ4n) is 1.75. The molecule has 1 heterocycles. The monoisotopic (exact) mass is 354 g/mol. The summed E-state index contributed by atoms with van der Waals surface area (Å²) >= 11 is 11.9. The van der Waals surface area contributed by atoms with Crippen LogP contribution in [0.15, 0.2) is 30.6 Å². The maximum atomic E-state index is 12.1. The first-order valence-electron chi connectivity index (χ1n) is 6.91. The fraction of sp³-hybridized carbons (Fsp3) is 0.267. The van der Waals surface area contributed by atoms with Crippen LogP contribution < -0.4 is 10.6 Å². The maximum absolute atomic E-state index is 12.1. The molecule has 0 aliphatic carbocycles. The van der Waals surface area contributed by atoms with Gasteiger partial charge >= 0.3 is 0 Å². The molecule has 23 heavy (non-hydrogen) atoms. The Morgan fingerprint density at radius 2 is 2.09 bits per heavy atom. The van der Waals surface area contributed by atoms with Gasteiger partial charge in [-0.15, -0.1) is 0 Å². The molecule has 6 nitrogen and oxygen atoms in total. The van der Waals surface area contributed by atoms with E-state index in [-0.39, 0.29) is 5.69 Å². The van der Waals surface area contributed by atoms with E-state index in [4.69, 9.17) is 27.9 Å². The number of carbonyl (C=O) groups excluding carboxylic acids is 1. The van der Waals surface area contributed by atoms with Crippen molar-refractivity contribution in [3.8, 4) is 0 Å². The van der Waals surface area contributed by atoms with Gasteiger partial charge in [-0.05, 0) is 24.6 Å². The SMILES string of the molecule is COCCCNc1cnc(C(=O)Nc2cc(Cl)ccc2Cl)cn1. The van der Waals surface area contributed by atoms with Gasteiger partial charge in [-0.25, -0.2) is 9.97 Å². The van der Waals surface area contributed by atoms with Gasteiger partial charge in [0.05, 0.1) is 23.1 Å². The molecule has 122 valence electrons. The molecular formula is C15H16Cl2N4O2. The molecule has 0 saturated heterocycles. The van der Waals surface area contributed by atoms with E-state index in [1.165, 1.54) is 12.4 Å². The van der Waals surface area contributed by atoms with Crippen LogP contribution >= 0.6 is 23.2 Å². The topological polar surface area (TPSA) is 76.1 Å². The quantitative estimate of drug-likeness (QED) is 0.744. The summed E-state index contributed by atoms with van der Waals surface area (Å²) in [6, 6.07) is 4.82. The summed E-state index contributed by atoms with van der Waals surface area (Å²) in [6.07, 6.45) is 3.75. The largest absolute Gasteiger partial charge is 0.385 e. The molecule has 1 aromatic carbocycles. The molecule has 0 fully saturated rings. The van der Waals surface area contributed by atoms with Crippen LogP contribution in [0, 0.1) is 0 Å². The lowest BCUT2D eigenvalue weighted by molar-refractivity contribution is 0.102. The number of amides is 1. The Labute approximate surface area is 144 Å². The molecule has 2 aromatic rings. The van der Waals surface area contributed by atoms with Crippen molar-refractivity contribution in [2.24, 2.45) is 0 Å². The van der Waals surface area contributed by atoms with Gasteiger partial charge in [-0.2, -0.15) is 0 Å². The summed E-state index contributed by atoms with van der Waals surface area (Å²) in [5.74, 6) is 0.186. The lowest BCUT2D eigenvalue weighted by Crippen LogP contribution is -2.15. The second kappa shape index (κ2) is 8.67. The van der Waals surface area contributed by atoms with Crippen molar-refractivity contribution in [2.45, 2.75) is 6.42 Å². The molecule has 0 spiro atoms. The average molecular weight is 355 g/mol. The van der Waals surface area contributed by atoms with Crippen molar-refractivity contribution >= 4 is 40.6 Å². The average Bonchev–Trinajstić information content (AvgIpc) is 2.55. The number of halogens is 2.